The molecule has 0 aromatic rings. The Balaban J connectivity index is 1.52. The predicted octanol–water partition coefficient (Wildman–Crippen LogP) is 3.49. The minimum Gasteiger partial charge on any atom is -0.393 e. The lowest BCUT2D eigenvalue weighted by molar-refractivity contribution is -0.123. The first-order chi connectivity index (χ1) is 9.63. The van der Waals surface area contributed by atoms with Crippen molar-refractivity contribution < 1.29 is 9.90 Å². The van der Waals surface area contributed by atoms with Crippen molar-refractivity contribution in [2.75, 3.05) is 0 Å². The summed E-state index contributed by atoms with van der Waals surface area (Å²) >= 11 is 0. The summed E-state index contributed by atoms with van der Waals surface area (Å²) in [4.78, 5) is 11.8. The third-order valence-electron chi connectivity index (χ3n) is 6.90. The Bertz CT molecular complexity index is 454. The van der Waals surface area contributed by atoms with Gasteiger partial charge in [-0.1, -0.05) is 11.1 Å². The summed E-state index contributed by atoms with van der Waals surface area (Å²) < 4.78 is 0. The van der Waals surface area contributed by atoms with E-state index in [9.17, 15) is 9.90 Å². The van der Waals surface area contributed by atoms with Gasteiger partial charge in [0, 0.05) is 5.92 Å². The monoisotopic (exact) mass is 274 g/mol. The zero-order valence-electron chi connectivity index (χ0n) is 12.5. The van der Waals surface area contributed by atoms with E-state index < -0.39 is 0 Å². The molecule has 4 fully saturated rings. The first kappa shape index (κ1) is 13.1. The van der Waals surface area contributed by atoms with E-state index in [1.807, 2.05) is 0 Å². The largest absolute Gasteiger partial charge is 0.393 e. The topological polar surface area (TPSA) is 37.3 Å². The molecule has 1 N–H and O–H groups in total. The average Bonchev–Trinajstić information content (AvgIpc) is 3.10. The van der Waals surface area contributed by atoms with Gasteiger partial charge in [0.15, 0.2) is 0 Å². The molecule has 4 rings (SSSR count). The van der Waals surface area contributed by atoms with Gasteiger partial charge in [-0.15, -0.1) is 0 Å². The molecule has 0 radical (unpaired) electrons. The minimum absolute atomic E-state index is 0.0569. The van der Waals surface area contributed by atoms with E-state index in [0.29, 0.717) is 17.6 Å². The Hall–Kier alpha value is -0.630. The number of rotatable bonds is 1. The lowest BCUT2D eigenvalue weighted by atomic mass is 9.74. The Morgan fingerprint density at radius 3 is 2.40 bits per heavy atom. The number of fused-ring (bicyclic) bond motifs is 5. The van der Waals surface area contributed by atoms with Crippen LogP contribution in [-0.4, -0.2) is 17.0 Å². The van der Waals surface area contributed by atoms with Crippen molar-refractivity contribution in [3.8, 4) is 0 Å². The van der Waals surface area contributed by atoms with Gasteiger partial charge in [-0.25, -0.2) is 0 Å². The van der Waals surface area contributed by atoms with Crippen LogP contribution in [-0.2, 0) is 4.79 Å². The predicted molar refractivity (Wildman–Crippen MR) is 78.1 cm³/mol. The van der Waals surface area contributed by atoms with Crippen molar-refractivity contribution in [1.29, 1.82) is 0 Å². The van der Waals surface area contributed by atoms with E-state index in [2.05, 4.69) is 0 Å². The first-order valence-corrected chi connectivity index (χ1v) is 8.51. The number of carbonyl (C=O) groups is 1. The summed E-state index contributed by atoms with van der Waals surface area (Å²) in [7, 11) is 0. The Labute approximate surface area is 121 Å². The van der Waals surface area contributed by atoms with Crippen molar-refractivity contribution in [3.05, 3.63) is 11.1 Å². The average molecular weight is 274 g/mol. The number of aliphatic hydroxyl groups excluding tert-OH is 1. The van der Waals surface area contributed by atoms with E-state index >= 15 is 0 Å². The lowest BCUT2D eigenvalue weighted by Gasteiger charge is -2.29. The van der Waals surface area contributed by atoms with Crippen LogP contribution in [0.15, 0.2) is 11.1 Å². The molecular weight excluding hydrogens is 248 g/mol. The highest BCUT2D eigenvalue weighted by Gasteiger charge is 2.56. The van der Waals surface area contributed by atoms with Crippen molar-refractivity contribution in [3.63, 3.8) is 0 Å². The number of carbonyl (C=O) groups excluding carboxylic acids is 1. The van der Waals surface area contributed by atoms with Crippen LogP contribution in [0.4, 0.5) is 0 Å². The fourth-order valence-corrected chi connectivity index (χ4v) is 5.93. The maximum atomic E-state index is 11.8. The molecule has 0 aliphatic heterocycles. The fourth-order valence-electron chi connectivity index (χ4n) is 5.93. The second-order valence-corrected chi connectivity index (χ2v) is 7.79. The molecule has 4 saturated carbocycles. The van der Waals surface area contributed by atoms with Gasteiger partial charge < -0.3 is 5.11 Å². The molecule has 0 heterocycles. The van der Waals surface area contributed by atoms with E-state index in [4.69, 9.17) is 0 Å². The van der Waals surface area contributed by atoms with Crippen LogP contribution in [0.3, 0.4) is 0 Å². The zero-order chi connectivity index (χ0) is 13.9. The number of hydrogen-bond acceptors (Lipinski definition) is 2. The van der Waals surface area contributed by atoms with E-state index in [1.165, 1.54) is 25.7 Å². The highest BCUT2D eigenvalue weighted by molar-refractivity contribution is 5.79. The van der Waals surface area contributed by atoms with Crippen molar-refractivity contribution in [2.24, 2.45) is 29.6 Å². The quantitative estimate of drug-likeness (QED) is 0.743. The number of hydrogen-bond donors (Lipinski definition) is 1. The van der Waals surface area contributed by atoms with Crippen LogP contribution < -0.4 is 0 Å². The molecule has 0 aromatic heterocycles. The molecule has 2 heteroatoms. The SMILES string of the molecule is CC(=O)[C@@H]1C[C@@H]2C[C@H]1[C@H]1CC(=C3CCC(O)CC3)C[C@@H]21. The van der Waals surface area contributed by atoms with Crippen LogP contribution in [0.1, 0.15) is 58.3 Å². The molecule has 0 unspecified atom stereocenters. The Kier molecular flexibility index (Phi) is 3.06. The van der Waals surface area contributed by atoms with E-state index in [-0.39, 0.29) is 6.10 Å². The fraction of sp³-hybridized carbons (Fsp3) is 0.833. The molecule has 2 nitrogen and oxygen atoms in total. The summed E-state index contributed by atoms with van der Waals surface area (Å²) in [5, 5.41) is 9.66. The maximum absolute atomic E-state index is 11.8. The smallest absolute Gasteiger partial charge is 0.133 e. The van der Waals surface area contributed by atoms with Crippen LogP contribution >= 0.6 is 0 Å². The molecule has 0 aromatic carbocycles. The molecule has 0 amide bonds. The van der Waals surface area contributed by atoms with Gasteiger partial charge in [-0.2, -0.15) is 0 Å². The molecule has 20 heavy (non-hydrogen) atoms. The standard InChI is InChI=1S/C18H26O2/c1-10(19)15-8-13-9-17(15)18-7-12(6-16(13)18)11-2-4-14(20)5-3-11/h13-18,20H,2-9H2,1H3/t13-,14?,15+,16+,17-,18+/m1/s1. The second kappa shape index (κ2) is 4.69. The molecule has 0 saturated heterocycles. The van der Waals surface area contributed by atoms with Gasteiger partial charge in [0.1, 0.15) is 5.78 Å². The number of allylic oxidation sites excluding steroid dienone is 2. The van der Waals surface area contributed by atoms with Gasteiger partial charge >= 0.3 is 0 Å². The van der Waals surface area contributed by atoms with Crippen molar-refractivity contribution in [2.45, 2.75) is 64.4 Å². The van der Waals surface area contributed by atoms with Gasteiger partial charge in [0.25, 0.3) is 0 Å². The Morgan fingerprint density at radius 1 is 1.00 bits per heavy atom. The van der Waals surface area contributed by atoms with Crippen molar-refractivity contribution >= 4 is 5.78 Å². The summed E-state index contributed by atoms with van der Waals surface area (Å²) in [6.07, 6.45) is 9.25. The van der Waals surface area contributed by atoms with Crippen molar-refractivity contribution in [1.82, 2.24) is 0 Å². The highest BCUT2D eigenvalue weighted by atomic mass is 16.3. The van der Waals surface area contributed by atoms with Gasteiger partial charge in [-0.05, 0) is 82.0 Å². The normalized spacial score (nSPS) is 46.9. The van der Waals surface area contributed by atoms with E-state index in [1.54, 1.807) is 18.1 Å². The summed E-state index contributed by atoms with van der Waals surface area (Å²) in [5.41, 5.74) is 3.40. The minimum atomic E-state index is -0.0569. The summed E-state index contributed by atoms with van der Waals surface area (Å²) in [6.45, 7) is 1.80. The second-order valence-electron chi connectivity index (χ2n) is 7.79. The van der Waals surface area contributed by atoms with Crippen LogP contribution in [0, 0.1) is 29.6 Å². The Morgan fingerprint density at radius 2 is 1.70 bits per heavy atom. The van der Waals surface area contributed by atoms with Crippen LogP contribution in [0.5, 0.6) is 0 Å². The third-order valence-corrected chi connectivity index (χ3v) is 6.90. The van der Waals surface area contributed by atoms with E-state index in [0.717, 1.165) is 43.4 Å². The van der Waals surface area contributed by atoms with Crippen LogP contribution in [0.25, 0.3) is 0 Å². The van der Waals surface area contributed by atoms with Gasteiger partial charge in [0.2, 0.25) is 0 Å². The number of Topliss-reactive ketones (excluding diaryl/α,β-unsaturated/α-hetero) is 1. The first-order valence-electron chi connectivity index (χ1n) is 8.51. The summed E-state index contributed by atoms with van der Waals surface area (Å²) in [5.74, 6) is 4.08. The molecule has 5 atom stereocenters. The van der Waals surface area contributed by atoms with Gasteiger partial charge in [0.05, 0.1) is 6.10 Å². The lowest BCUT2D eigenvalue weighted by Crippen LogP contribution is -2.28. The number of ketones is 1. The molecule has 2 bridgehead atoms. The maximum Gasteiger partial charge on any atom is 0.133 e. The molecule has 4 aliphatic rings. The zero-order valence-corrected chi connectivity index (χ0v) is 12.5. The third kappa shape index (κ3) is 1.91. The number of aliphatic hydroxyl groups is 1. The molecular formula is C18H26O2. The molecule has 110 valence electrons. The molecule has 0 spiro atoms. The van der Waals surface area contributed by atoms with Crippen LogP contribution in [0.2, 0.25) is 0 Å². The molecule has 4 aliphatic carbocycles. The van der Waals surface area contributed by atoms with Gasteiger partial charge in [-0.3, -0.25) is 4.79 Å². The summed E-state index contributed by atoms with van der Waals surface area (Å²) in [6, 6.07) is 0. The highest BCUT2D eigenvalue weighted by Crippen LogP contribution is 2.62.